The maximum atomic E-state index is 6.09. The Labute approximate surface area is 152 Å². The molecular weight excluding hydrogens is 326 g/mol. The molecule has 1 aromatic heterocycles. The van der Waals surface area contributed by atoms with Crippen LogP contribution in [0, 0.1) is 5.92 Å². The van der Waals surface area contributed by atoms with E-state index >= 15 is 0 Å². The van der Waals surface area contributed by atoms with E-state index < -0.39 is 0 Å². The second-order valence-electron chi connectivity index (χ2n) is 7.23. The summed E-state index contributed by atoms with van der Waals surface area (Å²) in [6.07, 6.45) is 7.91. The molecule has 5 nitrogen and oxygen atoms in total. The van der Waals surface area contributed by atoms with Crippen LogP contribution in [-0.2, 0) is 4.74 Å². The van der Waals surface area contributed by atoms with Gasteiger partial charge in [0.05, 0.1) is 18.8 Å². The lowest BCUT2D eigenvalue weighted by atomic mass is 9.90. The molecule has 2 fully saturated rings. The lowest BCUT2D eigenvalue weighted by Gasteiger charge is -2.19. The Bertz CT molecular complexity index is 942. The zero-order valence-electron chi connectivity index (χ0n) is 14.5. The number of benzene rings is 2. The molecule has 3 heterocycles. The second kappa shape index (κ2) is 6.25. The molecule has 3 atom stereocenters. The summed E-state index contributed by atoms with van der Waals surface area (Å²) in [5.41, 5.74) is 7.59. The number of aromatic nitrogens is 2. The van der Waals surface area contributed by atoms with E-state index in [0.717, 1.165) is 35.3 Å². The van der Waals surface area contributed by atoms with Crippen molar-refractivity contribution in [3.63, 3.8) is 0 Å². The number of hydrogen-bond donors (Lipinski definition) is 1. The molecule has 5 rings (SSSR count). The van der Waals surface area contributed by atoms with Crippen molar-refractivity contribution in [3.8, 4) is 16.9 Å². The minimum Gasteiger partial charge on any atom is -0.493 e. The molecule has 0 radical (unpaired) electrons. The summed E-state index contributed by atoms with van der Waals surface area (Å²) in [5, 5.41) is 2.32. The first-order valence-corrected chi connectivity index (χ1v) is 9.14. The van der Waals surface area contributed by atoms with Crippen LogP contribution in [0.2, 0.25) is 0 Å². The van der Waals surface area contributed by atoms with E-state index in [0.29, 0.717) is 18.1 Å². The highest BCUT2D eigenvalue weighted by Crippen LogP contribution is 2.39. The maximum absolute atomic E-state index is 6.09. The van der Waals surface area contributed by atoms with Crippen LogP contribution in [0.1, 0.15) is 19.3 Å². The molecule has 132 valence electrons. The van der Waals surface area contributed by atoms with Crippen LogP contribution in [0.15, 0.2) is 48.8 Å². The van der Waals surface area contributed by atoms with Gasteiger partial charge in [0.25, 0.3) is 0 Å². The van der Waals surface area contributed by atoms with E-state index in [1.54, 1.807) is 12.4 Å². The third-order valence-electron chi connectivity index (χ3n) is 5.51. The van der Waals surface area contributed by atoms with Gasteiger partial charge >= 0.3 is 0 Å². The predicted octanol–water partition coefficient (Wildman–Crippen LogP) is 3.83. The molecule has 0 spiro atoms. The van der Waals surface area contributed by atoms with E-state index in [1.165, 1.54) is 18.2 Å². The molecular formula is C21H21N3O2. The molecule has 2 aromatic carbocycles. The van der Waals surface area contributed by atoms with Gasteiger partial charge in [0.2, 0.25) is 5.95 Å². The normalized spacial score (nSPS) is 24.2. The lowest BCUT2D eigenvalue weighted by molar-refractivity contribution is 0.0825. The number of nitrogen functional groups attached to an aromatic ring is 1. The molecule has 5 heteroatoms. The molecule has 3 aromatic rings. The Morgan fingerprint density at radius 1 is 1.00 bits per heavy atom. The van der Waals surface area contributed by atoms with Gasteiger partial charge in [0.15, 0.2) is 0 Å². The van der Waals surface area contributed by atoms with Gasteiger partial charge < -0.3 is 15.2 Å². The highest BCUT2D eigenvalue weighted by atomic mass is 16.5. The molecule has 0 amide bonds. The number of nitrogens with zero attached hydrogens (tertiary/aromatic N) is 2. The van der Waals surface area contributed by atoms with Gasteiger partial charge in [0, 0.05) is 23.9 Å². The van der Waals surface area contributed by atoms with Crippen molar-refractivity contribution in [2.45, 2.75) is 31.5 Å². The van der Waals surface area contributed by atoms with Gasteiger partial charge in [-0.25, -0.2) is 9.97 Å². The summed E-state index contributed by atoms with van der Waals surface area (Å²) in [6, 6.07) is 12.6. The molecule has 0 saturated carbocycles. The van der Waals surface area contributed by atoms with Crippen LogP contribution in [0.3, 0.4) is 0 Å². The summed E-state index contributed by atoms with van der Waals surface area (Å²) >= 11 is 0. The molecule has 2 saturated heterocycles. The Hall–Kier alpha value is -2.66. The van der Waals surface area contributed by atoms with Crippen molar-refractivity contribution in [2.75, 3.05) is 12.3 Å². The van der Waals surface area contributed by atoms with E-state index in [1.807, 2.05) is 6.07 Å². The number of rotatable bonds is 4. The smallest absolute Gasteiger partial charge is 0.219 e. The number of fused-ring (bicyclic) bond motifs is 3. The zero-order chi connectivity index (χ0) is 17.5. The van der Waals surface area contributed by atoms with E-state index in [-0.39, 0.29) is 5.95 Å². The van der Waals surface area contributed by atoms with Gasteiger partial charge in [-0.2, -0.15) is 0 Å². The van der Waals surface area contributed by atoms with Crippen molar-refractivity contribution in [2.24, 2.45) is 5.92 Å². The molecule has 0 aliphatic carbocycles. The molecule has 26 heavy (non-hydrogen) atoms. The first-order chi connectivity index (χ1) is 12.7. The lowest BCUT2D eigenvalue weighted by Crippen LogP contribution is -2.23. The van der Waals surface area contributed by atoms with Crippen LogP contribution in [0.4, 0.5) is 5.95 Å². The van der Waals surface area contributed by atoms with Crippen LogP contribution < -0.4 is 10.5 Å². The fourth-order valence-electron chi connectivity index (χ4n) is 4.10. The fraction of sp³-hybridized carbons (Fsp3) is 0.333. The van der Waals surface area contributed by atoms with Crippen LogP contribution >= 0.6 is 0 Å². The van der Waals surface area contributed by atoms with Crippen molar-refractivity contribution in [1.29, 1.82) is 0 Å². The summed E-state index contributed by atoms with van der Waals surface area (Å²) in [4.78, 5) is 8.15. The monoisotopic (exact) mass is 347 g/mol. The van der Waals surface area contributed by atoms with E-state index in [2.05, 4.69) is 40.3 Å². The van der Waals surface area contributed by atoms with Crippen molar-refractivity contribution < 1.29 is 9.47 Å². The first kappa shape index (κ1) is 15.6. The average molecular weight is 347 g/mol. The minimum absolute atomic E-state index is 0.287. The third-order valence-corrected chi connectivity index (χ3v) is 5.51. The second-order valence-corrected chi connectivity index (χ2v) is 7.23. The van der Waals surface area contributed by atoms with Crippen LogP contribution in [0.5, 0.6) is 5.75 Å². The summed E-state index contributed by atoms with van der Waals surface area (Å²) < 4.78 is 12.0. The Balaban J connectivity index is 1.36. The number of ether oxygens (including phenoxy) is 2. The van der Waals surface area contributed by atoms with Gasteiger partial charge in [-0.3, -0.25) is 0 Å². The first-order valence-electron chi connectivity index (χ1n) is 9.14. The number of hydrogen-bond acceptors (Lipinski definition) is 5. The fourth-order valence-corrected chi connectivity index (χ4v) is 4.10. The standard InChI is InChI=1S/C21H21N3O2/c22-21-23-10-17(11-24-21)14-2-1-13-3-4-18(8-15(13)7-14)25-12-16-9-19-5-6-20(16)26-19/h1-4,7-8,10-11,16,19-20H,5-6,9,12H2,(H2,22,23,24)/t16-,19+,20-/m1/s1. The molecule has 2 bridgehead atoms. The van der Waals surface area contributed by atoms with Crippen molar-refractivity contribution in [3.05, 3.63) is 48.8 Å². The molecule has 2 aliphatic heterocycles. The SMILES string of the molecule is Nc1ncc(-c2ccc3ccc(OC[C@H]4C[C@@H]5CC[C@H]4O5)cc3c2)cn1. The minimum atomic E-state index is 0.287. The quantitative estimate of drug-likeness (QED) is 0.777. The van der Waals surface area contributed by atoms with Crippen LogP contribution in [-0.4, -0.2) is 28.8 Å². The van der Waals surface area contributed by atoms with Gasteiger partial charge in [-0.1, -0.05) is 18.2 Å². The van der Waals surface area contributed by atoms with Crippen LogP contribution in [0.25, 0.3) is 21.9 Å². The largest absolute Gasteiger partial charge is 0.493 e. The Morgan fingerprint density at radius 3 is 2.62 bits per heavy atom. The van der Waals surface area contributed by atoms with E-state index in [4.69, 9.17) is 15.2 Å². The van der Waals surface area contributed by atoms with Gasteiger partial charge in [-0.15, -0.1) is 0 Å². The summed E-state index contributed by atoms with van der Waals surface area (Å²) in [5.74, 6) is 1.73. The van der Waals surface area contributed by atoms with Gasteiger partial charge in [-0.05, 0) is 53.8 Å². The zero-order valence-corrected chi connectivity index (χ0v) is 14.5. The maximum Gasteiger partial charge on any atom is 0.219 e. The number of anilines is 1. The van der Waals surface area contributed by atoms with Crippen molar-refractivity contribution >= 4 is 16.7 Å². The topological polar surface area (TPSA) is 70.3 Å². The molecule has 2 aliphatic rings. The Kier molecular flexibility index (Phi) is 3.75. The summed E-state index contributed by atoms with van der Waals surface area (Å²) in [7, 11) is 0. The average Bonchev–Trinajstić information content (AvgIpc) is 3.29. The van der Waals surface area contributed by atoms with Crippen molar-refractivity contribution in [1.82, 2.24) is 9.97 Å². The molecule has 2 N–H and O–H groups in total. The highest BCUT2D eigenvalue weighted by molar-refractivity contribution is 5.88. The third kappa shape index (κ3) is 2.88. The predicted molar refractivity (Wildman–Crippen MR) is 101 cm³/mol. The van der Waals surface area contributed by atoms with Gasteiger partial charge in [0.1, 0.15) is 5.75 Å². The highest BCUT2D eigenvalue weighted by Gasteiger charge is 2.40. The number of nitrogens with two attached hydrogens (primary N) is 1. The van der Waals surface area contributed by atoms with E-state index in [9.17, 15) is 0 Å². The molecule has 0 unspecified atom stereocenters. The summed E-state index contributed by atoms with van der Waals surface area (Å²) in [6.45, 7) is 0.734. The Morgan fingerprint density at radius 2 is 1.85 bits per heavy atom.